The first-order valence-electron chi connectivity index (χ1n) is 12.4. The number of nitrogens with one attached hydrogen (secondary N) is 1. The van der Waals surface area contributed by atoms with Crippen LogP contribution in [-0.4, -0.2) is 36.6 Å². The fourth-order valence-corrected chi connectivity index (χ4v) is 5.74. The van der Waals surface area contributed by atoms with Gasteiger partial charge in [0.15, 0.2) is 0 Å². The second-order valence-corrected chi connectivity index (χ2v) is 11.2. The smallest absolute Gasteiger partial charge is 0.269 e. The molecule has 0 radical (unpaired) electrons. The Morgan fingerprint density at radius 3 is 2.27 bits per heavy atom. The summed E-state index contributed by atoms with van der Waals surface area (Å²) in [6, 6.07) is 20.8. The van der Waals surface area contributed by atoms with Gasteiger partial charge in [0.1, 0.15) is 6.54 Å². The number of carbonyl (C=O) groups is 1. The molecule has 0 bridgehead atoms. The summed E-state index contributed by atoms with van der Waals surface area (Å²) < 4.78 is 29.8. The van der Waals surface area contributed by atoms with Crippen LogP contribution < -0.4 is 9.73 Å². The third kappa shape index (κ3) is 5.94. The van der Waals surface area contributed by atoms with Crippen LogP contribution in [-0.2, 0) is 14.8 Å². The highest BCUT2D eigenvalue weighted by atomic mass is 32.2. The van der Waals surface area contributed by atoms with Crippen molar-refractivity contribution in [2.24, 2.45) is 5.10 Å². The number of hydrazone groups is 1. The number of non-ortho nitro benzene ring substituents is 1. The zero-order chi connectivity index (χ0) is 29.0. The largest absolute Gasteiger partial charge is 0.318 e. The van der Waals surface area contributed by atoms with E-state index in [-0.39, 0.29) is 16.3 Å². The zero-order valence-electron chi connectivity index (χ0n) is 22.5. The van der Waals surface area contributed by atoms with Crippen molar-refractivity contribution in [1.82, 2.24) is 9.99 Å². The first-order chi connectivity index (χ1) is 19.0. The molecule has 1 aromatic heterocycles. The molecule has 4 aromatic rings. The molecule has 0 unspecified atom stereocenters. The van der Waals surface area contributed by atoms with Gasteiger partial charge in [-0.2, -0.15) is 5.10 Å². The van der Waals surface area contributed by atoms with Crippen molar-refractivity contribution in [3.63, 3.8) is 0 Å². The topological polar surface area (TPSA) is 127 Å². The van der Waals surface area contributed by atoms with Crippen molar-refractivity contribution in [3.8, 4) is 5.69 Å². The van der Waals surface area contributed by atoms with Crippen molar-refractivity contribution in [2.75, 3.05) is 10.8 Å². The van der Waals surface area contributed by atoms with E-state index in [4.69, 9.17) is 0 Å². The number of anilines is 1. The number of amides is 1. The van der Waals surface area contributed by atoms with Gasteiger partial charge in [-0.05, 0) is 81.3 Å². The van der Waals surface area contributed by atoms with E-state index in [0.29, 0.717) is 0 Å². The second kappa shape index (κ2) is 11.5. The molecule has 11 heteroatoms. The maximum atomic E-state index is 13.4. The van der Waals surface area contributed by atoms with Gasteiger partial charge >= 0.3 is 0 Å². The lowest BCUT2D eigenvalue weighted by Gasteiger charge is -2.23. The van der Waals surface area contributed by atoms with Gasteiger partial charge in [0.25, 0.3) is 21.6 Å². The SMILES string of the molecule is Cc1ccc(-n2c(C)cc(/C=N\NC(=O)CN(c3ccc([N+](=O)[O-])cc3)S(=O)(=O)c3ccccc3)c2C)cc1C. The Labute approximate surface area is 232 Å². The monoisotopic (exact) mass is 559 g/mol. The fraction of sp³-hybridized carbons (Fsp3) is 0.172. The highest BCUT2D eigenvalue weighted by molar-refractivity contribution is 7.92. The summed E-state index contributed by atoms with van der Waals surface area (Å²) in [5, 5.41) is 15.1. The Balaban J connectivity index is 1.56. The molecule has 10 nitrogen and oxygen atoms in total. The van der Waals surface area contributed by atoms with E-state index in [1.54, 1.807) is 18.2 Å². The van der Waals surface area contributed by atoms with Gasteiger partial charge in [0, 0.05) is 34.8 Å². The second-order valence-electron chi connectivity index (χ2n) is 9.32. The van der Waals surface area contributed by atoms with Gasteiger partial charge in [0.2, 0.25) is 0 Å². The quantitative estimate of drug-likeness (QED) is 0.176. The predicted molar refractivity (Wildman–Crippen MR) is 155 cm³/mol. The number of sulfonamides is 1. The molecule has 0 saturated carbocycles. The van der Waals surface area contributed by atoms with E-state index >= 15 is 0 Å². The number of aryl methyl sites for hydroxylation is 3. The van der Waals surface area contributed by atoms with E-state index in [9.17, 15) is 23.3 Å². The van der Waals surface area contributed by atoms with Crippen LogP contribution >= 0.6 is 0 Å². The van der Waals surface area contributed by atoms with Crippen molar-refractivity contribution >= 4 is 33.5 Å². The highest BCUT2D eigenvalue weighted by Gasteiger charge is 2.27. The Morgan fingerprint density at radius 1 is 0.975 bits per heavy atom. The molecule has 1 N–H and O–H groups in total. The van der Waals surface area contributed by atoms with Crippen LogP contribution in [0.3, 0.4) is 0 Å². The molecule has 206 valence electrons. The number of aromatic nitrogens is 1. The minimum atomic E-state index is -4.16. The summed E-state index contributed by atoms with van der Waals surface area (Å²) in [5.41, 5.74) is 8.42. The summed E-state index contributed by atoms with van der Waals surface area (Å²) in [6.07, 6.45) is 1.51. The maximum Gasteiger partial charge on any atom is 0.269 e. The Bertz CT molecular complexity index is 1690. The molecule has 3 aromatic carbocycles. The number of nitro benzene ring substituents is 1. The van der Waals surface area contributed by atoms with Crippen LogP contribution in [0.15, 0.2) is 88.9 Å². The number of benzene rings is 3. The molecule has 0 aliphatic heterocycles. The molecule has 0 atom stereocenters. The summed E-state index contributed by atoms with van der Waals surface area (Å²) in [5.74, 6) is -0.683. The van der Waals surface area contributed by atoms with Gasteiger partial charge in [-0.3, -0.25) is 19.2 Å². The third-order valence-electron chi connectivity index (χ3n) is 6.58. The standard InChI is InChI=1S/C29H29N5O5S/c1-20-10-11-27(16-21(20)2)33-22(3)17-24(23(33)4)18-30-31-29(35)19-32(25-12-14-26(15-13-25)34(36)37)40(38,39)28-8-6-5-7-9-28/h5-18H,19H2,1-4H3,(H,31,35)/b30-18-. The number of nitrogens with zero attached hydrogens (tertiary/aromatic N) is 4. The molecule has 0 aliphatic carbocycles. The summed E-state index contributed by atoms with van der Waals surface area (Å²) in [7, 11) is -4.16. The average molecular weight is 560 g/mol. The average Bonchev–Trinajstić information content (AvgIpc) is 3.21. The maximum absolute atomic E-state index is 13.4. The molecular formula is C29H29N5O5S. The minimum absolute atomic E-state index is 0.0246. The number of nitro groups is 1. The third-order valence-corrected chi connectivity index (χ3v) is 8.37. The molecule has 0 spiro atoms. The van der Waals surface area contributed by atoms with Crippen molar-refractivity contribution in [1.29, 1.82) is 0 Å². The van der Waals surface area contributed by atoms with Gasteiger partial charge in [-0.1, -0.05) is 24.3 Å². The first kappa shape index (κ1) is 28.2. The van der Waals surface area contributed by atoms with Crippen molar-refractivity contribution < 1.29 is 18.1 Å². The number of carbonyl (C=O) groups excluding carboxylic acids is 1. The van der Waals surface area contributed by atoms with Gasteiger partial charge in [-0.15, -0.1) is 0 Å². The lowest BCUT2D eigenvalue weighted by molar-refractivity contribution is -0.384. The molecule has 0 fully saturated rings. The molecule has 1 heterocycles. The Kier molecular flexibility index (Phi) is 8.15. The van der Waals surface area contributed by atoms with Crippen LogP contribution in [0.2, 0.25) is 0 Å². The van der Waals surface area contributed by atoms with Crippen molar-refractivity contribution in [3.05, 3.63) is 117 Å². The lowest BCUT2D eigenvalue weighted by atomic mass is 10.1. The molecule has 0 aliphatic rings. The fourth-order valence-electron chi connectivity index (χ4n) is 4.30. The van der Waals surface area contributed by atoms with Crippen LogP contribution in [0.1, 0.15) is 28.1 Å². The summed E-state index contributed by atoms with van der Waals surface area (Å²) in [4.78, 5) is 23.3. The van der Waals surface area contributed by atoms with Crippen LogP contribution in [0.5, 0.6) is 0 Å². The molecular weight excluding hydrogens is 530 g/mol. The Hall–Kier alpha value is -4.77. The number of rotatable bonds is 9. The molecule has 40 heavy (non-hydrogen) atoms. The zero-order valence-corrected chi connectivity index (χ0v) is 23.3. The number of hydrogen-bond donors (Lipinski definition) is 1. The van der Waals surface area contributed by atoms with E-state index in [1.165, 1.54) is 53.7 Å². The van der Waals surface area contributed by atoms with E-state index in [0.717, 1.165) is 26.9 Å². The summed E-state index contributed by atoms with van der Waals surface area (Å²) in [6.45, 7) is 7.46. The lowest BCUT2D eigenvalue weighted by Crippen LogP contribution is -2.39. The summed E-state index contributed by atoms with van der Waals surface area (Å²) >= 11 is 0. The van der Waals surface area contributed by atoms with E-state index in [2.05, 4.69) is 41.1 Å². The Morgan fingerprint density at radius 2 is 1.65 bits per heavy atom. The van der Waals surface area contributed by atoms with Gasteiger partial charge in [-0.25, -0.2) is 13.8 Å². The van der Waals surface area contributed by atoms with Crippen molar-refractivity contribution in [2.45, 2.75) is 32.6 Å². The molecule has 4 rings (SSSR count). The van der Waals surface area contributed by atoms with E-state index < -0.39 is 27.4 Å². The van der Waals surface area contributed by atoms with Crippen LogP contribution in [0.25, 0.3) is 5.69 Å². The minimum Gasteiger partial charge on any atom is -0.318 e. The van der Waals surface area contributed by atoms with Crippen LogP contribution in [0.4, 0.5) is 11.4 Å². The first-order valence-corrected chi connectivity index (χ1v) is 13.8. The van der Waals surface area contributed by atoms with Crippen LogP contribution in [0, 0.1) is 37.8 Å². The predicted octanol–water partition coefficient (Wildman–Crippen LogP) is 4.96. The normalized spacial score (nSPS) is 11.5. The number of hydrogen-bond acceptors (Lipinski definition) is 6. The van der Waals surface area contributed by atoms with Gasteiger partial charge in [0.05, 0.1) is 21.7 Å². The molecule has 0 saturated heterocycles. The van der Waals surface area contributed by atoms with E-state index in [1.807, 2.05) is 26.0 Å². The van der Waals surface area contributed by atoms with Gasteiger partial charge < -0.3 is 4.57 Å². The highest BCUT2D eigenvalue weighted by Crippen LogP contribution is 2.26. The molecule has 1 amide bonds.